The number of fused-ring (bicyclic) bond motifs is 5. The van der Waals surface area contributed by atoms with Gasteiger partial charge in [-0.1, -0.05) is 78.9 Å². The summed E-state index contributed by atoms with van der Waals surface area (Å²) < 4.78 is 0. The molecule has 0 N–H and O–H groups in total. The smallest absolute Gasteiger partial charge is 0.00851 e. The van der Waals surface area contributed by atoms with Crippen molar-refractivity contribution in [2.75, 3.05) is 0 Å². The van der Waals surface area contributed by atoms with Crippen LogP contribution in [0, 0.1) is 52.3 Å². The van der Waals surface area contributed by atoms with Gasteiger partial charge in [-0.3, -0.25) is 0 Å². The van der Waals surface area contributed by atoms with E-state index >= 15 is 0 Å². The summed E-state index contributed by atoms with van der Waals surface area (Å²) in [4.78, 5) is 0. The topological polar surface area (TPSA) is 0 Å². The van der Waals surface area contributed by atoms with E-state index in [1.807, 2.05) is 5.57 Å². The van der Waals surface area contributed by atoms with Gasteiger partial charge in [0.2, 0.25) is 0 Å². The van der Waals surface area contributed by atoms with Gasteiger partial charge in [-0.25, -0.2) is 0 Å². The highest BCUT2D eigenvalue weighted by molar-refractivity contribution is 5.25. The van der Waals surface area contributed by atoms with Crippen molar-refractivity contribution < 1.29 is 0 Å². The summed E-state index contributed by atoms with van der Waals surface area (Å²) in [5.74, 6) is 6.78. The van der Waals surface area contributed by atoms with E-state index in [9.17, 15) is 0 Å². The van der Waals surface area contributed by atoms with Crippen molar-refractivity contribution in [3.8, 4) is 0 Å². The number of allylic oxidation sites excluding steroid dienone is 2. The number of hydrogen-bond acceptors (Lipinski definition) is 0. The average molecular weight is 399 g/mol. The van der Waals surface area contributed by atoms with Crippen molar-refractivity contribution in [3.05, 3.63) is 11.6 Å². The predicted molar refractivity (Wildman–Crippen MR) is 127 cm³/mol. The van der Waals surface area contributed by atoms with Crippen LogP contribution in [0.5, 0.6) is 0 Å². The molecule has 3 saturated carbocycles. The molecule has 3 fully saturated rings. The van der Waals surface area contributed by atoms with E-state index in [-0.39, 0.29) is 0 Å². The molecule has 8 atom stereocenters. The van der Waals surface area contributed by atoms with Crippen LogP contribution < -0.4 is 0 Å². The lowest BCUT2D eigenvalue weighted by Crippen LogP contribution is -2.50. The first-order valence-corrected chi connectivity index (χ1v) is 13.5. The molecular formula is C29H50. The molecule has 0 heterocycles. The summed E-state index contributed by atoms with van der Waals surface area (Å²) in [7, 11) is 0. The Balaban J connectivity index is 1.48. The fourth-order valence-electron chi connectivity index (χ4n) is 9.11. The van der Waals surface area contributed by atoms with E-state index in [4.69, 9.17) is 0 Å². The van der Waals surface area contributed by atoms with Gasteiger partial charge < -0.3 is 0 Å². The normalized spacial score (nSPS) is 45.3. The number of hydrogen-bond donors (Lipinski definition) is 0. The molecule has 0 aromatic carbocycles. The Morgan fingerprint density at radius 2 is 1.76 bits per heavy atom. The third kappa shape index (κ3) is 3.78. The molecule has 0 radical (unpaired) electrons. The molecule has 166 valence electrons. The molecule has 4 aliphatic carbocycles. The molecule has 0 nitrogen and oxygen atoms in total. The predicted octanol–water partition coefficient (Wildman–Crippen LogP) is 9.05. The highest BCUT2D eigenvalue weighted by Crippen LogP contribution is 2.67. The zero-order valence-electron chi connectivity index (χ0n) is 20.6. The van der Waals surface area contributed by atoms with Crippen LogP contribution in [-0.4, -0.2) is 0 Å². The van der Waals surface area contributed by atoms with Crippen molar-refractivity contribution in [1.82, 2.24) is 0 Å². The van der Waals surface area contributed by atoms with Crippen molar-refractivity contribution in [2.45, 2.75) is 119 Å². The first kappa shape index (κ1) is 22.0. The molecule has 3 unspecified atom stereocenters. The summed E-state index contributed by atoms with van der Waals surface area (Å²) in [5.41, 5.74) is 3.08. The summed E-state index contributed by atoms with van der Waals surface area (Å²) in [6.07, 6.45) is 20.4. The van der Waals surface area contributed by atoms with Crippen molar-refractivity contribution in [1.29, 1.82) is 0 Å². The second-order valence-electron chi connectivity index (χ2n) is 12.8. The minimum atomic E-state index is 0.552. The first-order valence-electron chi connectivity index (χ1n) is 13.5. The van der Waals surface area contributed by atoms with Gasteiger partial charge in [0.15, 0.2) is 0 Å². The standard InChI is InChI=1S/C29H50/c1-7-22-15-17-28(5)23(19-22)11-12-24-26-14-13-25(21(4)10-8-9-20(2)3)29(26,6)18-16-27(24)28/h11,20-22,24-27H,7-10,12-19H2,1-6H3/t21?,22-,24-,25+,26?,27?,28-,29+/m0/s1. The summed E-state index contributed by atoms with van der Waals surface area (Å²) in [5, 5.41) is 0. The lowest BCUT2D eigenvalue weighted by molar-refractivity contribution is -0.0528. The zero-order valence-corrected chi connectivity index (χ0v) is 20.6. The monoisotopic (exact) mass is 398 g/mol. The van der Waals surface area contributed by atoms with Crippen LogP contribution in [0.25, 0.3) is 0 Å². The van der Waals surface area contributed by atoms with Crippen LogP contribution >= 0.6 is 0 Å². The van der Waals surface area contributed by atoms with Crippen LogP contribution in [0.3, 0.4) is 0 Å². The quantitative estimate of drug-likeness (QED) is 0.391. The second-order valence-corrected chi connectivity index (χ2v) is 12.8. The molecular weight excluding hydrogens is 348 g/mol. The van der Waals surface area contributed by atoms with E-state index in [0.717, 1.165) is 41.4 Å². The molecule has 4 aliphatic rings. The van der Waals surface area contributed by atoms with E-state index in [2.05, 4.69) is 47.6 Å². The molecule has 4 rings (SSSR count). The third-order valence-corrected chi connectivity index (χ3v) is 11.0. The lowest BCUT2D eigenvalue weighted by Gasteiger charge is -2.58. The maximum absolute atomic E-state index is 2.77. The first-order chi connectivity index (χ1) is 13.8. The van der Waals surface area contributed by atoms with Crippen LogP contribution in [0.4, 0.5) is 0 Å². The van der Waals surface area contributed by atoms with Crippen molar-refractivity contribution >= 4 is 0 Å². The van der Waals surface area contributed by atoms with Gasteiger partial charge in [-0.05, 0) is 104 Å². The Labute approximate surface area is 182 Å². The Hall–Kier alpha value is -0.260. The van der Waals surface area contributed by atoms with E-state index in [1.54, 1.807) is 0 Å². The molecule has 0 bridgehead atoms. The fraction of sp³-hybridized carbons (Fsp3) is 0.931. The fourth-order valence-corrected chi connectivity index (χ4v) is 9.11. The lowest BCUT2D eigenvalue weighted by atomic mass is 9.46. The summed E-state index contributed by atoms with van der Waals surface area (Å²) >= 11 is 0. The van der Waals surface area contributed by atoms with Crippen molar-refractivity contribution in [2.24, 2.45) is 52.3 Å². The zero-order chi connectivity index (χ0) is 20.8. The minimum absolute atomic E-state index is 0.552. The molecule has 0 saturated heterocycles. The highest BCUT2D eigenvalue weighted by atomic mass is 14.6. The van der Waals surface area contributed by atoms with E-state index in [1.165, 1.54) is 77.0 Å². The van der Waals surface area contributed by atoms with Crippen LogP contribution in [0.2, 0.25) is 0 Å². The SMILES string of the molecule is CC[C@H]1CC[C@@]2(C)C(=CC[C@@H]3C2CC[C@@]2(C)C3CC[C@@H]2C(C)CCCC(C)C)C1. The van der Waals surface area contributed by atoms with Gasteiger partial charge in [0, 0.05) is 0 Å². The average Bonchev–Trinajstić information content (AvgIpc) is 3.04. The Bertz CT molecular complexity index is 599. The van der Waals surface area contributed by atoms with E-state index in [0.29, 0.717) is 10.8 Å². The molecule has 0 aromatic heterocycles. The van der Waals surface area contributed by atoms with Crippen LogP contribution in [0.15, 0.2) is 11.6 Å². The molecule has 0 heteroatoms. The minimum Gasteiger partial charge on any atom is -0.0845 e. The van der Waals surface area contributed by atoms with Gasteiger partial charge in [0.25, 0.3) is 0 Å². The third-order valence-electron chi connectivity index (χ3n) is 11.0. The summed E-state index contributed by atoms with van der Waals surface area (Å²) in [6.45, 7) is 15.2. The van der Waals surface area contributed by atoms with Gasteiger partial charge in [-0.2, -0.15) is 0 Å². The van der Waals surface area contributed by atoms with E-state index < -0.39 is 0 Å². The maximum atomic E-state index is 2.77. The molecule has 0 amide bonds. The van der Waals surface area contributed by atoms with Gasteiger partial charge >= 0.3 is 0 Å². The Morgan fingerprint density at radius 1 is 0.966 bits per heavy atom. The number of rotatable bonds is 6. The molecule has 29 heavy (non-hydrogen) atoms. The van der Waals surface area contributed by atoms with Crippen LogP contribution in [0.1, 0.15) is 119 Å². The summed E-state index contributed by atoms with van der Waals surface area (Å²) in [6, 6.07) is 0. The second kappa shape index (κ2) is 8.35. The van der Waals surface area contributed by atoms with Crippen LogP contribution in [-0.2, 0) is 0 Å². The molecule has 0 aromatic rings. The highest BCUT2D eigenvalue weighted by Gasteiger charge is 2.58. The molecule has 0 aliphatic heterocycles. The van der Waals surface area contributed by atoms with Gasteiger partial charge in [-0.15, -0.1) is 0 Å². The Kier molecular flexibility index (Phi) is 6.32. The van der Waals surface area contributed by atoms with Crippen molar-refractivity contribution in [3.63, 3.8) is 0 Å². The largest absolute Gasteiger partial charge is 0.0845 e. The molecule has 0 spiro atoms. The Morgan fingerprint density at radius 3 is 2.48 bits per heavy atom. The maximum Gasteiger partial charge on any atom is -0.00851 e. The van der Waals surface area contributed by atoms with Gasteiger partial charge in [0.05, 0.1) is 0 Å². The van der Waals surface area contributed by atoms with Gasteiger partial charge in [0.1, 0.15) is 0 Å².